The highest BCUT2D eigenvalue weighted by molar-refractivity contribution is 5.50. The largest absolute Gasteiger partial charge is 0.379 e. The second kappa shape index (κ2) is 7.00. The van der Waals surface area contributed by atoms with Crippen molar-refractivity contribution in [3.8, 4) is 0 Å². The summed E-state index contributed by atoms with van der Waals surface area (Å²) in [5.41, 5.74) is 3.66. The van der Waals surface area contributed by atoms with Gasteiger partial charge in [-0.05, 0) is 32.0 Å². The summed E-state index contributed by atoms with van der Waals surface area (Å²) in [5, 5.41) is 3.50. The molecule has 0 aliphatic rings. The van der Waals surface area contributed by atoms with Crippen LogP contribution in [-0.2, 0) is 24.4 Å². The van der Waals surface area contributed by atoms with Gasteiger partial charge in [-0.25, -0.2) is 0 Å². The molecule has 1 aromatic heterocycles. The minimum Gasteiger partial charge on any atom is -0.379 e. The third-order valence-corrected chi connectivity index (χ3v) is 3.20. The molecule has 1 N–H and O–H groups in total. The first-order valence-corrected chi connectivity index (χ1v) is 6.88. The van der Waals surface area contributed by atoms with Crippen LogP contribution in [0.3, 0.4) is 0 Å². The van der Waals surface area contributed by atoms with Crippen LogP contribution in [0.2, 0.25) is 0 Å². The van der Waals surface area contributed by atoms with Gasteiger partial charge in [0, 0.05) is 36.3 Å². The molecule has 19 heavy (non-hydrogen) atoms. The van der Waals surface area contributed by atoms with E-state index < -0.39 is 0 Å². The Balaban J connectivity index is 2.02. The van der Waals surface area contributed by atoms with Crippen molar-refractivity contribution < 1.29 is 4.74 Å². The molecule has 0 bridgehead atoms. The van der Waals surface area contributed by atoms with Crippen molar-refractivity contribution in [1.82, 2.24) is 4.57 Å². The zero-order chi connectivity index (χ0) is 13.5. The van der Waals surface area contributed by atoms with E-state index >= 15 is 0 Å². The highest BCUT2D eigenvalue weighted by atomic mass is 16.5. The van der Waals surface area contributed by atoms with Crippen LogP contribution in [0.4, 0.5) is 5.69 Å². The topological polar surface area (TPSA) is 26.2 Å². The summed E-state index contributed by atoms with van der Waals surface area (Å²) in [4.78, 5) is 0. The van der Waals surface area contributed by atoms with Crippen molar-refractivity contribution in [3.63, 3.8) is 0 Å². The van der Waals surface area contributed by atoms with E-state index in [2.05, 4.69) is 53.3 Å². The molecule has 0 fully saturated rings. The maximum atomic E-state index is 5.50. The zero-order valence-electron chi connectivity index (χ0n) is 11.7. The van der Waals surface area contributed by atoms with Crippen molar-refractivity contribution >= 4 is 5.69 Å². The number of ether oxygens (including phenoxy) is 1. The van der Waals surface area contributed by atoms with Gasteiger partial charge in [0.25, 0.3) is 0 Å². The number of nitrogens with zero attached hydrogens (tertiary/aromatic N) is 1. The van der Waals surface area contributed by atoms with Gasteiger partial charge in [0.15, 0.2) is 0 Å². The third kappa shape index (κ3) is 3.61. The highest BCUT2D eigenvalue weighted by Crippen LogP contribution is 2.17. The summed E-state index contributed by atoms with van der Waals surface area (Å²) in [5.74, 6) is 0. The molecule has 102 valence electrons. The molecule has 0 aliphatic heterocycles. The molecule has 1 heterocycles. The van der Waals surface area contributed by atoms with E-state index in [1.807, 2.05) is 13.0 Å². The lowest BCUT2D eigenvalue weighted by Crippen LogP contribution is -2.07. The molecular formula is C16H22N2O. The van der Waals surface area contributed by atoms with Crippen LogP contribution in [0.1, 0.15) is 25.1 Å². The summed E-state index contributed by atoms with van der Waals surface area (Å²) in [7, 11) is 0. The predicted molar refractivity (Wildman–Crippen MR) is 79.2 cm³/mol. The van der Waals surface area contributed by atoms with E-state index in [-0.39, 0.29) is 0 Å². The molecule has 2 aromatic rings. The number of rotatable bonds is 7. The first-order chi connectivity index (χ1) is 9.35. The van der Waals surface area contributed by atoms with Gasteiger partial charge in [-0.15, -0.1) is 0 Å². The Morgan fingerprint density at radius 1 is 1.11 bits per heavy atom. The number of hydrogen-bond acceptors (Lipinski definition) is 2. The number of nitrogens with one attached hydrogen (secondary N) is 1. The smallest absolute Gasteiger partial charge is 0.0736 e. The van der Waals surface area contributed by atoms with Crippen molar-refractivity contribution in [3.05, 3.63) is 53.9 Å². The molecule has 0 amide bonds. The lowest BCUT2D eigenvalue weighted by atomic mass is 10.2. The van der Waals surface area contributed by atoms with Crippen LogP contribution >= 0.6 is 0 Å². The predicted octanol–water partition coefficient (Wildman–Crippen LogP) is 3.66. The van der Waals surface area contributed by atoms with Gasteiger partial charge in [-0.3, -0.25) is 0 Å². The standard InChI is InChI=1S/C16H22N2O/c1-3-18-11-7-9-15(18)12-17-16-10-6-5-8-14(16)13-19-4-2/h5-11,17H,3-4,12-13H2,1-2H3. The summed E-state index contributed by atoms with van der Waals surface area (Å²) >= 11 is 0. The van der Waals surface area contributed by atoms with Crippen molar-refractivity contribution in [1.29, 1.82) is 0 Å². The normalized spacial score (nSPS) is 10.6. The number of anilines is 1. The maximum Gasteiger partial charge on any atom is 0.0736 e. The molecule has 2 rings (SSSR count). The van der Waals surface area contributed by atoms with Crippen LogP contribution in [0.5, 0.6) is 0 Å². The van der Waals surface area contributed by atoms with E-state index in [9.17, 15) is 0 Å². The third-order valence-electron chi connectivity index (χ3n) is 3.20. The fraction of sp³-hybridized carbons (Fsp3) is 0.375. The fourth-order valence-corrected chi connectivity index (χ4v) is 2.13. The van der Waals surface area contributed by atoms with Gasteiger partial charge < -0.3 is 14.6 Å². The van der Waals surface area contributed by atoms with Crippen LogP contribution in [-0.4, -0.2) is 11.2 Å². The van der Waals surface area contributed by atoms with Gasteiger partial charge in [0.1, 0.15) is 0 Å². The molecule has 0 aliphatic carbocycles. The van der Waals surface area contributed by atoms with Crippen molar-refractivity contribution in [2.45, 2.75) is 33.5 Å². The highest BCUT2D eigenvalue weighted by Gasteiger charge is 2.03. The van der Waals surface area contributed by atoms with Gasteiger partial charge >= 0.3 is 0 Å². The summed E-state index contributed by atoms with van der Waals surface area (Å²) in [6.45, 7) is 7.42. The van der Waals surface area contributed by atoms with Gasteiger partial charge in [-0.1, -0.05) is 18.2 Å². The number of aromatic nitrogens is 1. The second-order valence-electron chi connectivity index (χ2n) is 4.43. The first-order valence-electron chi connectivity index (χ1n) is 6.88. The molecule has 1 aromatic carbocycles. The average Bonchev–Trinajstić information content (AvgIpc) is 2.91. The van der Waals surface area contributed by atoms with Crippen molar-refractivity contribution in [2.24, 2.45) is 0 Å². The molecule has 3 heteroatoms. The number of para-hydroxylation sites is 1. The number of benzene rings is 1. The monoisotopic (exact) mass is 258 g/mol. The van der Waals surface area contributed by atoms with Gasteiger partial charge in [-0.2, -0.15) is 0 Å². The molecular weight excluding hydrogens is 236 g/mol. The van der Waals surface area contributed by atoms with Crippen molar-refractivity contribution in [2.75, 3.05) is 11.9 Å². The maximum absolute atomic E-state index is 5.50. The summed E-state index contributed by atoms with van der Waals surface area (Å²) < 4.78 is 7.75. The molecule has 0 spiro atoms. The Hall–Kier alpha value is -1.74. The van der Waals surface area contributed by atoms with E-state index in [1.165, 1.54) is 11.3 Å². The minimum absolute atomic E-state index is 0.661. The SMILES string of the molecule is CCOCc1ccccc1NCc1cccn1CC. The van der Waals surface area contributed by atoms with Crippen LogP contribution < -0.4 is 5.32 Å². The Labute approximate surface area is 115 Å². The fourth-order valence-electron chi connectivity index (χ4n) is 2.13. The molecule has 0 atom stereocenters. The number of hydrogen-bond donors (Lipinski definition) is 1. The summed E-state index contributed by atoms with van der Waals surface area (Å²) in [6.07, 6.45) is 2.11. The lowest BCUT2D eigenvalue weighted by molar-refractivity contribution is 0.134. The molecule has 0 radical (unpaired) electrons. The van der Waals surface area contributed by atoms with Crippen LogP contribution in [0, 0.1) is 0 Å². The average molecular weight is 258 g/mol. The van der Waals surface area contributed by atoms with E-state index in [0.717, 1.165) is 25.4 Å². The summed E-state index contributed by atoms with van der Waals surface area (Å²) in [6, 6.07) is 12.6. The number of aryl methyl sites for hydroxylation is 1. The molecule has 3 nitrogen and oxygen atoms in total. The Morgan fingerprint density at radius 2 is 1.95 bits per heavy atom. The zero-order valence-corrected chi connectivity index (χ0v) is 11.7. The molecule has 0 saturated carbocycles. The van der Waals surface area contributed by atoms with E-state index in [1.54, 1.807) is 0 Å². The van der Waals surface area contributed by atoms with Crippen LogP contribution in [0.25, 0.3) is 0 Å². The Kier molecular flexibility index (Phi) is 5.04. The van der Waals surface area contributed by atoms with Gasteiger partial charge in [0.2, 0.25) is 0 Å². The van der Waals surface area contributed by atoms with E-state index in [0.29, 0.717) is 6.61 Å². The Bertz CT molecular complexity index is 505. The molecule has 0 unspecified atom stereocenters. The first kappa shape index (κ1) is 13.7. The molecule has 0 saturated heterocycles. The quantitative estimate of drug-likeness (QED) is 0.820. The lowest BCUT2D eigenvalue weighted by Gasteiger charge is -2.13. The van der Waals surface area contributed by atoms with Crippen LogP contribution in [0.15, 0.2) is 42.6 Å². The Morgan fingerprint density at radius 3 is 2.74 bits per heavy atom. The van der Waals surface area contributed by atoms with E-state index in [4.69, 9.17) is 4.74 Å². The second-order valence-corrected chi connectivity index (χ2v) is 4.43. The van der Waals surface area contributed by atoms with Gasteiger partial charge in [0.05, 0.1) is 13.2 Å². The minimum atomic E-state index is 0.661.